The van der Waals surface area contributed by atoms with Crippen molar-refractivity contribution in [3.8, 4) is 5.75 Å². The van der Waals surface area contributed by atoms with Crippen molar-refractivity contribution in [2.45, 2.75) is 0 Å². The van der Waals surface area contributed by atoms with Gasteiger partial charge in [-0.2, -0.15) is 0 Å². The number of carbonyl (C=O) groups is 1. The standard InChI is InChI=1S/C12H15FN2O3/c1-17-9-2-3-10(11(13)8-9)12(16)14-15-4-6-18-7-5-15/h2-3,8H,4-7H2,1H3,(H,14,16). The first-order valence-electron chi connectivity index (χ1n) is 5.68. The van der Waals surface area contributed by atoms with Gasteiger partial charge in [0.25, 0.3) is 5.91 Å². The third kappa shape index (κ3) is 2.96. The van der Waals surface area contributed by atoms with Crippen LogP contribution < -0.4 is 10.2 Å². The van der Waals surface area contributed by atoms with E-state index in [-0.39, 0.29) is 5.56 Å². The molecular weight excluding hydrogens is 239 g/mol. The van der Waals surface area contributed by atoms with Crippen LogP contribution >= 0.6 is 0 Å². The van der Waals surface area contributed by atoms with Crippen molar-refractivity contribution in [2.75, 3.05) is 33.4 Å². The number of hydrazine groups is 1. The number of carbonyl (C=O) groups excluding carboxylic acids is 1. The zero-order chi connectivity index (χ0) is 13.0. The summed E-state index contributed by atoms with van der Waals surface area (Å²) in [6.07, 6.45) is 0. The third-order valence-corrected chi connectivity index (χ3v) is 2.69. The minimum atomic E-state index is -0.597. The van der Waals surface area contributed by atoms with Gasteiger partial charge in [0.2, 0.25) is 0 Å². The van der Waals surface area contributed by atoms with E-state index in [1.165, 1.54) is 19.2 Å². The van der Waals surface area contributed by atoms with Gasteiger partial charge in [-0.3, -0.25) is 10.2 Å². The van der Waals surface area contributed by atoms with E-state index in [1.54, 1.807) is 11.1 Å². The average molecular weight is 254 g/mol. The fourth-order valence-electron chi connectivity index (χ4n) is 1.69. The van der Waals surface area contributed by atoms with Crippen molar-refractivity contribution in [1.82, 2.24) is 10.4 Å². The highest BCUT2D eigenvalue weighted by Gasteiger charge is 2.17. The summed E-state index contributed by atoms with van der Waals surface area (Å²) in [5, 5.41) is 1.72. The largest absolute Gasteiger partial charge is 0.497 e. The lowest BCUT2D eigenvalue weighted by molar-refractivity contribution is 0.0125. The van der Waals surface area contributed by atoms with Crippen LogP contribution in [0.15, 0.2) is 18.2 Å². The van der Waals surface area contributed by atoms with Crippen LogP contribution in [0, 0.1) is 5.82 Å². The Bertz CT molecular complexity index is 433. The Hall–Kier alpha value is -1.66. The molecule has 1 N–H and O–H groups in total. The van der Waals surface area contributed by atoms with E-state index in [4.69, 9.17) is 9.47 Å². The highest BCUT2D eigenvalue weighted by Crippen LogP contribution is 2.16. The van der Waals surface area contributed by atoms with Gasteiger partial charge in [0.15, 0.2) is 0 Å². The first-order valence-corrected chi connectivity index (χ1v) is 5.68. The molecule has 1 aliphatic heterocycles. The lowest BCUT2D eigenvalue weighted by Gasteiger charge is -2.26. The van der Waals surface area contributed by atoms with Crippen molar-refractivity contribution in [1.29, 1.82) is 0 Å². The summed E-state index contributed by atoms with van der Waals surface area (Å²) in [5.74, 6) is -0.674. The van der Waals surface area contributed by atoms with Crippen LogP contribution in [0.1, 0.15) is 10.4 Å². The van der Waals surface area contributed by atoms with Gasteiger partial charge < -0.3 is 9.47 Å². The fourth-order valence-corrected chi connectivity index (χ4v) is 1.69. The molecule has 5 nitrogen and oxygen atoms in total. The summed E-state index contributed by atoms with van der Waals surface area (Å²) in [6.45, 7) is 2.32. The summed E-state index contributed by atoms with van der Waals surface area (Å²) in [4.78, 5) is 11.9. The molecule has 2 rings (SSSR count). The van der Waals surface area contributed by atoms with E-state index < -0.39 is 11.7 Å². The molecule has 1 aromatic rings. The van der Waals surface area contributed by atoms with E-state index in [2.05, 4.69) is 5.43 Å². The predicted molar refractivity (Wildman–Crippen MR) is 62.8 cm³/mol. The minimum Gasteiger partial charge on any atom is -0.497 e. The first-order chi connectivity index (χ1) is 8.70. The number of methoxy groups -OCH3 is 1. The third-order valence-electron chi connectivity index (χ3n) is 2.69. The van der Waals surface area contributed by atoms with Crippen LogP contribution in [0.25, 0.3) is 0 Å². The molecule has 0 atom stereocenters. The molecule has 18 heavy (non-hydrogen) atoms. The van der Waals surface area contributed by atoms with Gasteiger partial charge in [-0.05, 0) is 12.1 Å². The van der Waals surface area contributed by atoms with Gasteiger partial charge in [-0.15, -0.1) is 0 Å². The van der Waals surface area contributed by atoms with Gasteiger partial charge in [0.1, 0.15) is 11.6 Å². The maximum Gasteiger partial charge on any atom is 0.268 e. The normalized spacial score (nSPS) is 16.3. The minimum absolute atomic E-state index is 0.00212. The monoisotopic (exact) mass is 254 g/mol. The predicted octanol–water partition coefficient (Wildman–Crippen LogP) is 0.811. The molecule has 6 heteroatoms. The average Bonchev–Trinajstić information content (AvgIpc) is 2.39. The lowest BCUT2D eigenvalue weighted by atomic mass is 10.2. The van der Waals surface area contributed by atoms with Crippen LogP contribution in [0.4, 0.5) is 4.39 Å². The Labute approximate surface area is 104 Å². The molecule has 1 aliphatic rings. The van der Waals surface area contributed by atoms with E-state index in [0.29, 0.717) is 32.1 Å². The van der Waals surface area contributed by atoms with Gasteiger partial charge in [0, 0.05) is 19.2 Å². The molecule has 0 bridgehead atoms. The molecule has 98 valence electrons. The second kappa shape index (κ2) is 5.79. The number of halogens is 1. The SMILES string of the molecule is COc1ccc(C(=O)NN2CCOCC2)c(F)c1. The van der Waals surface area contributed by atoms with Gasteiger partial charge in [-0.1, -0.05) is 0 Å². The molecule has 0 aliphatic carbocycles. The number of nitrogens with zero attached hydrogens (tertiary/aromatic N) is 1. The van der Waals surface area contributed by atoms with Crippen molar-refractivity contribution >= 4 is 5.91 Å². The first kappa shape index (κ1) is 12.8. The molecular formula is C12H15FN2O3. The number of benzene rings is 1. The van der Waals surface area contributed by atoms with E-state index >= 15 is 0 Å². The fraction of sp³-hybridized carbons (Fsp3) is 0.417. The van der Waals surface area contributed by atoms with Crippen LogP contribution in [0.3, 0.4) is 0 Å². The van der Waals surface area contributed by atoms with Gasteiger partial charge in [-0.25, -0.2) is 9.40 Å². The second-order valence-corrected chi connectivity index (χ2v) is 3.89. The maximum absolute atomic E-state index is 13.7. The van der Waals surface area contributed by atoms with Crippen molar-refractivity contribution < 1.29 is 18.7 Å². The molecule has 0 saturated carbocycles. The number of amides is 1. The molecule has 1 fully saturated rings. The molecule has 1 amide bonds. The van der Waals surface area contributed by atoms with Crippen molar-refractivity contribution in [3.63, 3.8) is 0 Å². The number of morpholine rings is 1. The summed E-state index contributed by atoms with van der Waals surface area (Å²) >= 11 is 0. The molecule has 1 aromatic carbocycles. The number of nitrogens with one attached hydrogen (secondary N) is 1. The number of rotatable bonds is 3. The quantitative estimate of drug-likeness (QED) is 0.867. The molecule has 1 heterocycles. The highest BCUT2D eigenvalue weighted by atomic mass is 19.1. The Morgan fingerprint density at radius 3 is 2.78 bits per heavy atom. The van der Waals surface area contributed by atoms with E-state index in [1.807, 2.05) is 0 Å². The second-order valence-electron chi connectivity index (χ2n) is 3.89. The van der Waals surface area contributed by atoms with Crippen LogP contribution in [-0.2, 0) is 4.74 Å². The highest BCUT2D eigenvalue weighted by molar-refractivity contribution is 5.94. The van der Waals surface area contributed by atoms with E-state index in [9.17, 15) is 9.18 Å². The van der Waals surface area contributed by atoms with Crippen LogP contribution in [0.2, 0.25) is 0 Å². The molecule has 0 unspecified atom stereocenters. The molecule has 0 spiro atoms. The van der Waals surface area contributed by atoms with Crippen LogP contribution in [-0.4, -0.2) is 44.3 Å². The number of hydrogen-bond donors (Lipinski definition) is 1. The molecule has 0 radical (unpaired) electrons. The topological polar surface area (TPSA) is 50.8 Å². The Morgan fingerprint density at radius 1 is 1.44 bits per heavy atom. The summed E-state index contributed by atoms with van der Waals surface area (Å²) in [7, 11) is 1.45. The Morgan fingerprint density at radius 2 is 2.17 bits per heavy atom. The Balaban J connectivity index is 2.03. The zero-order valence-electron chi connectivity index (χ0n) is 10.1. The molecule has 0 aromatic heterocycles. The van der Waals surface area contributed by atoms with Crippen LogP contribution in [0.5, 0.6) is 5.75 Å². The summed E-state index contributed by atoms with van der Waals surface area (Å²) in [6, 6.07) is 4.15. The number of hydrogen-bond acceptors (Lipinski definition) is 4. The smallest absolute Gasteiger partial charge is 0.268 e. The summed E-state index contributed by atoms with van der Waals surface area (Å²) in [5.41, 5.74) is 2.65. The lowest BCUT2D eigenvalue weighted by Crippen LogP contribution is -2.48. The van der Waals surface area contributed by atoms with Gasteiger partial charge >= 0.3 is 0 Å². The zero-order valence-corrected chi connectivity index (χ0v) is 10.1. The van der Waals surface area contributed by atoms with Gasteiger partial charge in [0.05, 0.1) is 25.9 Å². The Kier molecular flexibility index (Phi) is 4.11. The molecule has 1 saturated heterocycles. The van der Waals surface area contributed by atoms with Crippen molar-refractivity contribution in [2.24, 2.45) is 0 Å². The van der Waals surface area contributed by atoms with Crippen molar-refractivity contribution in [3.05, 3.63) is 29.6 Å². The number of ether oxygens (including phenoxy) is 2. The van der Waals surface area contributed by atoms with E-state index in [0.717, 1.165) is 0 Å². The maximum atomic E-state index is 13.7. The summed E-state index contributed by atoms with van der Waals surface area (Å²) < 4.78 is 23.7.